The number of carbonyl (C=O) groups is 3. The van der Waals surface area contributed by atoms with Crippen LogP contribution in [0.15, 0.2) is 18.2 Å². The summed E-state index contributed by atoms with van der Waals surface area (Å²) in [6.07, 6.45) is 6.92. The SMILES string of the molecule is O=C(CCCNC(=O)NC1CCCCC1)NNC(=O)CCCOc1ccc(Cl)cc1Cl. The lowest BCUT2D eigenvalue weighted by molar-refractivity contribution is -0.129. The van der Waals surface area contributed by atoms with Crippen molar-refractivity contribution in [2.24, 2.45) is 0 Å². The van der Waals surface area contributed by atoms with Crippen LogP contribution in [-0.4, -0.2) is 37.0 Å². The molecule has 0 bridgehead atoms. The summed E-state index contributed by atoms with van der Waals surface area (Å²) in [4.78, 5) is 35.4. The summed E-state index contributed by atoms with van der Waals surface area (Å²) in [5.41, 5.74) is 4.73. The van der Waals surface area contributed by atoms with Crippen LogP contribution in [0.3, 0.4) is 0 Å². The molecule has 0 aliphatic heterocycles. The number of hydrogen-bond acceptors (Lipinski definition) is 4. The van der Waals surface area contributed by atoms with Gasteiger partial charge in [-0.3, -0.25) is 20.4 Å². The number of ether oxygens (including phenoxy) is 1. The Morgan fingerprint density at radius 3 is 2.32 bits per heavy atom. The van der Waals surface area contributed by atoms with E-state index in [1.165, 1.54) is 6.42 Å². The summed E-state index contributed by atoms with van der Waals surface area (Å²) in [5, 5.41) is 6.64. The topological polar surface area (TPSA) is 109 Å². The Morgan fingerprint density at radius 1 is 0.968 bits per heavy atom. The molecule has 4 amide bonds. The van der Waals surface area contributed by atoms with Crippen LogP contribution >= 0.6 is 23.2 Å². The molecule has 8 nitrogen and oxygen atoms in total. The minimum atomic E-state index is -0.316. The van der Waals surface area contributed by atoms with Crippen molar-refractivity contribution in [1.29, 1.82) is 0 Å². The van der Waals surface area contributed by atoms with Crippen molar-refractivity contribution in [2.45, 2.75) is 63.8 Å². The van der Waals surface area contributed by atoms with E-state index in [1.54, 1.807) is 18.2 Å². The lowest BCUT2D eigenvalue weighted by Crippen LogP contribution is -2.44. The van der Waals surface area contributed by atoms with Gasteiger partial charge < -0.3 is 15.4 Å². The number of carbonyl (C=O) groups excluding carboxylic acids is 3. The van der Waals surface area contributed by atoms with Gasteiger partial charge in [0.1, 0.15) is 5.75 Å². The van der Waals surface area contributed by atoms with Crippen LogP contribution in [0.4, 0.5) is 4.79 Å². The number of rotatable bonds is 10. The van der Waals surface area contributed by atoms with Crippen LogP contribution in [0, 0.1) is 0 Å². The molecule has 1 aromatic rings. The Balaban J connectivity index is 1.47. The van der Waals surface area contributed by atoms with E-state index in [1.807, 2.05) is 0 Å². The van der Waals surface area contributed by atoms with Gasteiger partial charge in [0.05, 0.1) is 11.6 Å². The second-order valence-electron chi connectivity index (χ2n) is 7.46. The van der Waals surface area contributed by atoms with Gasteiger partial charge in [0, 0.05) is 30.5 Å². The molecule has 1 aliphatic rings. The van der Waals surface area contributed by atoms with Gasteiger partial charge in [0.2, 0.25) is 11.8 Å². The first-order valence-corrected chi connectivity index (χ1v) is 11.4. The molecule has 0 saturated heterocycles. The van der Waals surface area contributed by atoms with Crippen molar-refractivity contribution < 1.29 is 19.1 Å². The van der Waals surface area contributed by atoms with Crippen molar-refractivity contribution in [3.63, 3.8) is 0 Å². The average Bonchev–Trinajstić information content (AvgIpc) is 2.75. The van der Waals surface area contributed by atoms with Gasteiger partial charge in [-0.05, 0) is 43.9 Å². The second-order valence-corrected chi connectivity index (χ2v) is 8.31. The van der Waals surface area contributed by atoms with Gasteiger partial charge in [-0.15, -0.1) is 0 Å². The fourth-order valence-corrected chi connectivity index (χ4v) is 3.67. The number of nitrogens with one attached hydrogen (secondary N) is 4. The number of halogens is 2. The molecule has 0 atom stereocenters. The number of hydrazine groups is 1. The molecule has 1 aliphatic carbocycles. The largest absolute Gasteiger partial charge is 0.492 e. The van der Waals surface area contributed by atoms with Gasteiger partial charge in [0.15, 0.2) is 0 Å². The predicted molar refractivity (Wildman–Crippen MR) is 120 cm³/mol. The normalized spacial score (nSPS) is 13.9. The monoisotopic (exact) mass is 472 g/mol. The highest BCUT2D eigenvalue weighted by Crippen LogP contribution is 2.27. The Bertz CT molecular complexity index is 742. The van der Waals surface area contributed by atoms with E-state index >= 15 is 0 Å². The zero-order valence-corrected chi connectivity index (χ0v) is 19.0. The number of urea groups is 1. The second kappa shape index (κ2) is 14.0. The first kappa shape index (κ1) is 25.1. The lowest BCUT2D eigenvalue weighted by Gasteiger charge is -2.22. The number of amides is 4. The smallest absolute Gasteiger partial charge is 0.315 e. The molecule has 1 aromatic carbocycles. The Hall–Kier alpha value is -2.19. The van der Waals surface area contributed by atoms with Crippen molar-refractivity contribution in [3.05, 3.63) is 28.2 Å². The molecule has 0 spiro atoms. The average molecular weight is 473 g/mol. The Labute approximate surface area is 192 Å². The van der Waals surface area contributed by atoms with Crippen LogP contribution < -0.4 is 26.2 Å². The van der Waals surface area contributed by atoms with Gasteiger partial charge in [0.25, 0.3) is 0 Å². The van der Waals surface area contributed by atoms with Crippen molar-refractivity contribution >= 4 is 41.0 Å². The van der Waals surface area contributed by atoms with Crippen molar-refractivity contribution in [1.82, 2.24) is 21.5 Å². The quantitative estimate of drug-likeness (QED) is 0.307. The zero-order valence-electron chi connectivity index (χ0n) is 17.5. The molecule has 0 radical (unpaired) electrons. The summed E-state index contributed by atoms with van der Waals surface area (Å²) in [6, 6.07) is 4.98. The van der Waals surface area contributed by atoms with Crippen LogP contribution in [0.2, 0.25) is 10.0 Å². The maximum absolute atomic E-state index is 11.8. The van der Waals surface area contributed by atoms with E-state index in [-0.39, 0.29) is 36.7 Å². The van der Waals surface area contributed by atoms with Gasteiger partial charge in [-0.2, -0.15) is 0 Å². The molecular weight excluding hydrogens is 443 g/mol. The summed E-state index contributed by atoms with van der Waals surface area (Å²) < 4.78 is 5.50. The zero-order chi connectivity index (χ0) is 22.5. The Kier molecular flexibility index (Phi) is 11.3. The molecule has 0 heterocycles. The predicted octanol–water partition coefficient (Wildman–Crippen LogP) is 3.71. The molecule has 1 fully saturated rings. The van der Waals surface area contributed by atoms with E-state index in [9.17, 15) is 14.4 Å². The molecular formula is C21H30Cl2N4O4. The first-order valence-electron chi connectivity index (χ1n) is 10.6. The Morgan fingerprint density at radius 2 is 1.65 bits per heavy atom. The fraction of sp³-hybridized carbons (Fsp3) is 0.571. The highest BCUT2D eigenvalue weighted by atomic mass is 35.5. The molecule has 1 saturated carbocycles. The molecule has 0 aromatic heterocycles. The van der Waals surface area contributed by atoms with Crippen LogP contribution in [0.1, 0.15) is 57.8 Å². The number of benzene rings is 1. The van der Waals surface area contributed by atoms with Crippen molar-refractivity contribution in [3.8, 4) is 5.75 Å². The molecule has 172 valence electrons. The minimum Gasteiger partial charge on any atom is -0.492 e. The highest BCUT2D eigenvalue weighted by Gasteiger charge is 2.15. The molecule has 4 N–H and O–H groups in total. The first-order chi connectivity index (χ1) is 14.9. The summed E-state index contributed by atoms with van der Waals surface area (Å²) in [5.74, 6) is -0.128. The molecule has 31 heavy (non-hydrogen) atoms. The third kappa shape index (κ3) is 10.6. The standard InChI is InChI=1S/C21H30Cl2N4O4/c22-15-10-11-18(17(23)14-15)31-13-5-9-20(29)27-26-19(28)8-4-12-24-21(30)25-16-6-2-1-3-7-16/h10-11,14,16H,1-9,12-13H2,(H,26,28)(H,27,29)(H2,24,25,30). The van der Waals surface area contributed by atoms with Crippen LogP contribution in [0.5, 0.6) is 5.75 Å². The molecule has 2 rings (SSSR count). The maximum Gasteiger partial charge on any atom is 0.315 e. The molecule has 10 heteroatoms. The van der Waals surface area contributed by atoms with Crippen molar-refractivity contribution in [2.75, 3.05) is 13.2 Å². The summed E-state index contributed by atoms with van der Waals surface area (Å²) in [7, 11) is 0. The maximum atomic E-state index is 11.8. The van der Waals surface area contributed by atoms with Crippen LogP contribution in [-0.2, 0) is 9.59 Å². The van der Waals surface area contributed by atoms with Crippen LogP contribution in [0.25, 0.3) is 0 Å². The fourth-order valence-electron chi connectivity index (χ4n) is 3.21. The third-order valence-corrected chi connectivity index (χ3v) is 5.38. The van der Waals surface area contributed by atoms with Gasteiger partial charge >= 0.3 is 6.03 Å². The van der Waals surface area contributed by atoms with E-state index in [4.69, 9.17) is 27.9 Å². The van der Waals surface area contributed by atoms with Gasteiger partial charge in [-0.1, -0.05) is 42.5 Å². The van der Waals surface area contributed by atoms with E-state index in [2.05, 4.69) is 21.5 Å². The highest BCUT2D eigenvalue weighted by molar-refractivity contribution is 6.35. The van der Waals surface area contributed by atoms with E-state index in [0.29, 0.717) is 41.8 Å². The van der Waals surface area contributed by atoms with Gasteiger partial charge in [-0.25, -0.2) is 4.79 Å². The lowest BCUT2D eigenvalue weighted by atomic mass is 9.96. The van der Waals surface area contributed by atoms with E-state index < -0.39 is 0 Å². The summed E-state index contributed by atoms with van der Waals surface area (Å²) in [6.45, 7) is 0.696. The molecule has 0 unspecified atom stereocenters. The van der Waals surface area contributed by atoms with E-state index in [0.717, 1.165) is 25.7 Å². The minimum absolute atomic E-state index is 0.189. The third-order valence-electron chi connectivity index (χ3n) is 4.85. The summed E-state index contributed by atoms with van der Waals surface area (Å²) >= 11 is 11.8. The number of hydrogen-bond donors (Lipinski definition) is 4.